The summed E-state index contributed by atoms with van der Waals surface area (Å²) in [7, 11) is 0. The lowest BCUT2D eigenvalue weighted by Crippen LogP contribution is -2.25. The van der Waals surface area contributed by atoms with Crippen LogP contribution >= 0.6 is 0 Å². The molecule has 0 bridgehead atoms. The number of aromatic nitrogens is 4. The van der Waals surface area contributed by atoms with Gasteiger partial charge in [0, 0.05) is 6.54 Å². The molecule has 2 heterocycles. The quantitative estimate of drug-likeness (QED) is 0.768. The van der Waals surface area contributed by atoms with Gasteiger partial charge in [-0.3, -0.25) is 9.36 Å². The molecule has 3 aromatic rings. The molecular formula is C16H17N5O. The summed E-state index contributed by atoms with van der Waals surface area (Å²) in [5.74, 6) is 0.981. The fourth-order valence-corrected chi connectivity index (χ4v) is 2.77. The number of hydrogen-bond donors (Lipinski definition) is 2. The summed E-state index contributed by atoms with van der Waals surface area (Å²) in [6.07, 6.45) is 4.81. The summed E-state index contributed by atoms with van der Waals surface area (Å²) in [4.78, 5) is 23.3. The number of H-pyrrole nitrogens is 1. The van der Waals surface area contributed by atoms with Crippen molar-refractivity contribution in [1.29, 1.82) is 0 Å². The highest BCUT2D eigenvalue weighted by atomic mass is 16.1. The third-order valence-electron chi connectivity index (χ3n) is 4.22. The Morgan fingerprint density at radius 1 is 1.27 bits per heavy atom. The van der Waals surface area contributed by atoms with E-state index in [9.17, 15) is 4.79 Å². The highest BCUT2D eigenvalue weighted by molar-refractivity contribution is 5.69. The molecule has 3 N–H and O–H groups in total. The van der Waals surface area contributed by atoms with Crippen molar-refractivity contribution in [2.45, 2.75) is 31.7 Å². The Morgan fingerprint density at radius 3 is 2.77 bits per heavy atom. The van der Waals surface area contributed by atoms with Gasteiger partial charge in [-0.25, -0.2) is 4.98 Å². The molecule has 0 unspecified atom stereocenters. The van der Waals surface area contributed by atoms with E-state index in [0.717, 1.165) is 12.3 Å². The minimum Gasteiger partial charge on any atom is -0.369 e. The molecule has 112 valence electrons. The Labute approximate surface area is 127 Å². The van der Waals surface area contributed by atoms with E-state index in [2.05, 4.69) is 39.2 Å². The average Bonchev–Trinajstić information content (AvgIpc) is 3.26. The molecule has 6 heteroatoms. The number of hydrogen-bond acceptors (Lipinski definition) is 4. The first kappa shape index (κ1) is 13.1. The zero-order valence-electron chi connectivity index (χ0n) is 12.1. The van der Waals surface area contributed by atoms with Crippen LogP contribution in [0.15, 0.2) is 35.4 Å². The Morgan fingerprint density at radius 2 is 2.05 bits per heavy atom. The Balaban J connectivity index is 1.56. The predicted molar refractivity (Wildman–Crippen MR) is 84.7 cm³/mol. The third-order valence-corrected chi connectivity index (χ3v) is 4.22. The minimum absolute atomic E-state index is 0.196. The second kappa shape index (κ2) is 4.98. The van der Waals surface area contributed by atoms with Crippen LogP contribution in [-0.4, -0.2) is 19.5 Å². The smallest absolute Gasteiger partial charge is 0.283 e. The maximum absolute atomic E-state index is 12.3. The average molecular weight is 295 g/mol. The maximum Gasteiger partial charge on any atom is 0.283 e. The molecule has 0 radical (unpaired) electrons. The number of rotatable bonds is 4. The lowest BCUT2D eigenvalue weighted by molar-refractivity contribution is 0.673. The number of nitrogens with one attached hydrogen (secondary N) is 1. The van der Waals surface area contributed by atoms with Gasteiger partial charge in [0.2, 0.25) is 5.95 Å². The molecule has 1 aliphatic rings. The maximum atomic E-state index is 12.3. The number of imidazole rings is 1. The summed E-state index contributed by atoms with van der Waals surface area (Å²) in [6, 6.07) is 8.65. The van der Waals surface area contributed by atoms with E-state index < -0.39 is 0 Å². The normalized spacial score (nSPS) is 14.5. The minimum atomic E-state index is -0.196. The van der Waals surface area contributed by atoms with Crippen molar-refractivity contribution >= 4 is 17.1 Å². The molecule has 0 spiro atoms. The molecule has 0 atom stereocenters. The molecule has 1 aromatic carbocycles. The number of nitrogen functional groups attached to an aromatic ring is 1. The van der Waals surface area contributed by atoms with E-state index in [4.69, 9.17) is 5.73 Å². The molecule has 1 fully saturated rings. The zero-order valence-corrected chi connectivity index (χ0v) is 12.1. The van der Waals surface area contributed by atoms with Crippen molar-refractivity contribution in [2.75, 3.05) is 5.73 Å². The number of aromatic amines is 1. The molecule has 22 heavy (non-hydrogen) atoms. The summed E-state index contributed by atoms with van der Waals surface area (Å²) in [5.41, 5.74) is 9.07. The van der Waals surface area contributed by atoms with Gasteiger partial charge < -0.3 is 10.7 Å². The lowest BCUT2D eigenvalue weighted by Gasteiger charge is -2.09. The summed E-state index contributed by atoms with van der Waals surface area (Å²) in [6.45, 7) is 0.503. The fraction of sp³-hybridized carbons (Fsp3) is 0.312. The van der Waals surface area contributed by atoms with Gasteiger partial charge in [0.15, 0.2) is 11.2 Å². The standard InChI is InChI=1S/C16H17N5O/c17-16-20-14-13(18-9-19-14)15(22)21(16)8-7-10-1-3-11(4-2-10)12-5-6-12/h1-4,9,12H,5-8H2,(H2,17,20)(H,18,19). The first-order valence-electron chi connectivity index (χ1n) is 7.50. The van der Waals surface area contributed by atoms with Gasteiger partial charge in [-0.15, -0.1) is 0 Å². The molecular weight excluding hydrogens is 278 g/mol. The fourth-order valence-electron chi connectivity index (χ4n) is 2.77. The largest absolute Gasteiger partial charge is 0.369 e. The van der Waals surface area contributed by atoms with Crippen LogP contribution in [0.25, 0.3) is 11.2 Å². The number of aryl methyl sites for hydroxylation is 1. The van der Waals surface area contributed by atoms with Crippen LogP contribution in [-0.2, 0) is 13.0 Å². The molecule has 1 aliphatic carbocycles. The number of benzene rings is 1. The van der Waals surface area contributed by atoms with Crippen LogP contribution in [0.3, 0.4) is 0 Å². The van der Waals surface area contributed by atoms with Crippen molar-refractivity contribution in [3.05, 3.63) is 52.1 Å². The second-order valence-electron chi connectivity index (χ2n) is 5.79. The van der Waals surface area contributed by atoms with Crippen molar-refractivity contribution in [3.8, 4) is 0 Å². The summed E-state index contributed by atoms with van der Waals surface area (Å²) in [5, 5.41) is 0. The van der Waals surface area contributed by atoms with Crippen LogP contribution in [0.4, 0.5) is 5.95 Å². The van der Waals surface area contributed by atoms with E-state index in [0.29, 0.717) is 17.7 Å². The van der Waals surface area contributed by atoms with E-state index in [-0.39, 0.29) is 11.5 Å². The third kappa shape index (κ3) is 2.26. The highest BCUT2D eigenvalue weighted by Crippen LogP contribution is 2.39. The van der Waals surface area contributed by atoms with E-state index in [1.165, 1.54) is 34.9 Å². The lowest BCUT2D eigenvalue weighted by atomic mass is 10.1. The predicted octanol–water partition coefficient (Wildman–Crippen LogP) is 1.82. The van der Waals surface area contributed by atoms with Crippen molar-refractivity contribution in [1.82, 2.24) is 19.5 Å². The Kier molecular flexibility index (Phi) is 2.96. The number of nitrogens with two attached hydrogens (primary N) is 1. The second-order valence-corrected chi connectivity index (χ2v) is 5.79. The molecule has 1 saturated carbocycles. The first-order chi connectivity index (χ1) is 10.7. The zero-order chi connectivity index (χ0) is 15.1. The molecule has 6 nitrogen and oxygen atoms in total. The molecule has 4 rings (SSSR count). The Bertz CT molecular complexity index is 874. The van der Waals surface area contributed by atoms with Crippen LogP contribution < -0.4 is 11.3 Å². The van der Waals surface area contributed by atoms with Crippen LogP contribution in [0.5, 0.6) is 0 Å². The van der Waals surface area contributed by atoms with Crippen molar-refractivity contribution in [2.24, 2.45) is 0 Å². The van der Waals surface area contributed by atoms with Crippen molar-refractivity contribution < 1.29 is 0 Å². The molecule has 0 amide bonds. The number of anilines is 1. The van der Waals surface area contributed by atoms with Crippen LogP contribution in [0, 0.1) is 0 Å². The van der Waals surface area contributed by atoms with Gasteiger partial charge in [-0.2, -0.15) is 4.98 Å². The topological polar surface area (TPSA) is 89.6 Å². The monoisotopic (exact) mass is 295 g/mol. The molecule has 2 aromatic heterocycles. The van der Waals surface area contributed by atoms with Gasteiger partial charge >= 0.3 is 0 Å². The van der Waals surface area contributed by atoms with Gasteiger partial charge in [-0.05, 0) is 36.3 Å². The van der Waals surface area contributed by atoms with Gasteiger partial charge in [0.25, 0.3) is 5.56 Å². The van der Waals surface area contributed by atoms with E-state index in [1.807, 2.05) is 0 Å². The van der Waals surface area contributed by atoms with E-state index >= 15 is 0 Å². The number of nitrogens with zero attached hydrogens (tertiary/aromatic N) is 3. The van der Waals surface area contributed by atoms with Gasteiger partial charge in [0.05, 0.1) is 6.33 Å². The van der Waals surface area contributed by atoms with Gasteiger partial charge in [-0.1, -0.05) is 24.3 Å². The first-order valence-corrected chi connectivity index (χ1v) is 7.50. The van der Waals surface area contributed by atoms with E-state index in [1.54, 1.807) is 0 Å². The van der Waals surface area contributed by atoms with Crippen LogP contribution in [0.2, 0.25) is 0 Å². The SMILES string of the molecule is Nc1nc2[nH]cnc2c(=O)n1CCc1ccc(C2CC2)cc1. The highest BCUT2D eigenvalue weighted by Gasteiger charge is 2.22. The van der Waals surface area contributed by atoms with Crippen molar-refractivity contribution in [3.63, 3.8) is 0 Å². The molecule has 0 saturated heterocycles. The number of fused-ring (bicyclic) bond motifs is 1. The van der Waals surface area contributed by atoms with Gasteiger partial charge in [0.1, 0.15) is 0 Å². The summed E-state index contributed by atoms with van der Waals surface area (Å²) >= 11 is 0. The molecule has 0 aliphatic heterocycles. The van der Waals surface area contributed by atoms with Crippen LogP contribution in [0.1, 0.15) is 29.9 Å². The summed E-state index contributed by atoms with van der Waals surface area (Å²) < 4.78 is 1.48. The Hall–Kier alpha value is -2.63.